The lowest BCUT2D eigenvalue weighted by Gasteiger charge is -2.07. The van der Waals surface area contributed by atoms with Crippen molar-refractivity contribution in [3.8, 4) is 17.3 Å². The summed E-state index contributed by atoms with van der Waals surface area (Å²) in [5, 5.41) is 13.0. The molecule has 2 heterocycles. The zero-order chi connectivity index (χ0) is 15.0. The van der Waals surface area contributed by atoms with Gasteiger partial charge in [-0.2, -0.15) is 10.4 Å². The Balaban J connectivity index is 2.38. The summed E-state index contributed by atoms with van der Waals surface area (Å²) in [4.78, 5) is 15.4. The Kier molecular flexibility index (Phi) is 2.95. The van der Waals surface area contributed by atoms with Crippen LogP contribution in [0.1, 0.15) is 21.6 Å². The lowest BCUT2D eigenvalue weighted by atomic mass is 10.0. The van der Waals surface area contributed by atoms with Crippen LogP contribution >= 0.6 is 0 Å². The molecule has 0 N–H and O–H groups in total. The number of nitrogens with zero attached hydrogens (tertiary/aromatic N) is 4. The van der Waals surface area contributed by atoms with E-state index in [9.17, 15) is 9.18 Å². The molecule has 21 heavy (non-hydrogen) atoms. The molecular formula is C15H9FN4O. The van der Waals surface area contributed by atoms with Crippen molar-refractivity contribution in [2.45, 2.75) is 6.92 Å². The van der Waals surface area contributed by atoms with Crippen molar-refractivity contribution in [2.75, 3.05) is 0 Å². The Hall–Kier alpha value is -3.07. The van der Waals surface area contributed by atoms with Crippen LogP contribution in [0.15, 0.2) is 30.5 Å². The van der Waals surface area contributed by atoms with E-state index in [2.05, 4.69) is 10.1 Å². The van der Waals surface area contributed by atoms with E-state index in [1.54, 1.807) is 31.3 Å². The van der Waals surface area contributed by atoms with Crippen molar-refractivity contribution in [1.29, 1.82) is 5.26 Å². The number of hydrogen-bond acceptors (Lipinski definition) is 4. The minimum absolute atomic E-state index is 0.0364. The van der Waals surface area contributed by atoms with Gasteiger partial charge in [0.1, 0.15) is 23.3 Å². The number of aryl methyl sites for hydroxylation is 1. The molecule has 0 unspecified atom stereocenters. The fourth-order valence-corrected chi connectivity index (χ4v) is 2.26. The summed E-state index contributed by atoms with van der Waals surface area (Å²) in [5.74, 6) is -0.638. The fourth-order valence-electron chi connectivity index (χ4n) is 2.26. The SMILES string of the molecule is Cc1cc(C#N)c(F)cc1-c1c(C=O)nc2cccnn12. The van der Waals surface area contributed by atoms with Crippen molar-refractivity contribution in [1.82, 2.24) is 14.6 Å². The normalized spacial score (nSPS) is 10.5. The largest absolute Gasteiger partial charge is 0.296 e. The first-order valence-electron chi connectivity index (χ1n) is 6.15. The molecular weight excluding hydrogens is 271 g/mol. The van der Waals surface area contributed by atoms with Crippen LogP contribution in [0.4, 0.5) is 4.39 Å². The van der Waals surface area contributed by atoms with Crippen LogP contribution in [0, 0.1) is 24.1 Å². The van der Waals surface area contributed by atoms with Crippen molar-refractivity contribution < 1.29 is 9.18 Å². The number of nitriles is 1. The first-order chi connectivity index (χ1) is 10.2. The molecule has 0 aliphatic heterocycles. The number of halogens is 1. The van der Waals surface area contributed by atoms with Gasteiger partial charge >= 0.3 is 0 Å². The van der Waals surface area contributed by atoms with Gasteiger partial charge in [-0.15, -0.1) is 0 Å². The minimum atomic E-state index is -0.638. The van der Waals surface area contributed by atoms with Gasteiger partial charge in [0.05, 0.1) is 5.56 Å². The third-order valence-electron chi connectivity index (χ3n) is 3.22. The molecule has 0 saturated carbocycles. The van der Waals surface area contributed by atoms with E-state index in [1.165, 1.54) is 16.6 Å². The van der Waals surface area contributed by atoms with E-state index in [-0.39, 0.29) is 11.3 Å². The topological polar surface area (TPSA) is 71.0 Å². The molecule has 0 bridgehead atoms. The molecule has 2 aromatic heterocycles. The molecule has 0 fully saturated rings. The number of rotatable bonds is 2. The van der Waals surface area contributed by atoms with Crippen LogP contribution in [-0.2, 0) is 0 Å². The average Bonchev–Trinajstić information content (AvgIpc) is 2.87. The van der Waals surface area contributed by atoms with Crippen LogP contribution in [-0.4, -0.2) is 20.9 Å². The van der Waals surface area contributed by atoms with Crippen molar-refractivity contribution >= 4 is 11.9 Å². The molecule has 0 saturated heterocycles. The lowest BCUT2D eigenvalue weighted by Crippen LogP contribution is -1.98. The van der Waals surface area contributed by atoms with Crippen molar-refractivity contribution in [3.05, 3.63) is 53.1 Å². The van der Waals surface area contributed by atoms with Gasteiger partial charge in [0.2, 0.25) is 0 Å². The van der Waals surface area contributed by atoms with E-state index in [1.807, 2.05) is 0 Å². The Bertz CT molecular complexity index is 908. The molecule has 3 rings (SSSR count). The number of aromatic nitrogens is 3. The fraction of sp³-hybridized carbons (Fsp3) is 0.0667. The van der Waals surface area contributed by atoms with E-state index in [0.29, 0.717) is 28.8 Å². The Labute approximate surface area is 119 Å². The lowest BCUT2D eigenvalue weighted by molar-refractivity contribution is 0.112. The first-order valence-corrected chi connectivity index (χ1v) is 6.15. The number of benzene rings is 1. The van der Waals surface area contributed by atoms with Gasteiger partial charge in [-0.3, -0.25) is 4.79 Å². The molecule has 0 atom stereocenters. The highest BCUT2D eigenvalue weighted by molar-refractivity contribution is 5.86. The van der Waals surface area contributed by atoms with Crippen molar-refractivity contribution in [2.24, 2.45) is 0 Å². The highest BCUT2D eigenvalue weighted by atomic mass is 19.1. The zero-order valence-corrected chi connectivity index (χ0v) is 11.0. The molecule has 6 heteroatoms. The zero-order valence-electron chi connectivity index (χ0n) is 11.0. The van der Waals surface area contributed by atoms with Gasteiger partial charge in [-0.05, 0) is 36.8 Å². The first kappa shape index (κ1) is 12.9. The third-order valence-corrected chi connectivity index (χ3v) is 3.22. The van der Waals surface area contributed by atoms with Crippen LogP contribution in [0.5, 0.6) is 0 Å². The van der Waals surface area contributed by atoms with E-state index >= 15 is 0 Å². The predicted octanol–water partition coefficient (Wildman–Crippen LogP) is 2.53. The highest BCUT2D eigenvalue weighted by Gasteiger charge is 2.18. The maximum Gasteiger partial charge on any atom is 0.170 e. The number of hydrogen-bond donors (Lipinski definition) is 0. The third kappa shape index (κ3) is 1.96. The number of carbonyl (C=O) groups is 1. The molecule has 0 aliphatic rings. The quantitative estimate of drug-likeness (QED) is 0.676. The summed E-state index contributed by atoms with van der Waals surface area (Å²) in [6.45, 7) is 1.74. The van der Waals surface area contributed by atoms with Crippen LogP contribution in [0.3, 0.4) is 0 Å². The van der Waals surface area contributed by atoms with E-state index in [4.69, 9.17) is 5.26 Å². The van der Waals surface area contributed by atoms with Crippen LogP contribution in [0.25, 0.3) is 16.9 Å². The van der Waals surface area contributed by atoms with Gasteiger partial charge in [0.25, 0.3) is 0 Å². The molecule has 5 nitrogen and oxygen atoms in total. The number of carbonyl (C=O) groups excluding carboxylic acids is 1. The summed E-state index contributed by atoms with van der Waals surface area (Å²) < 4.78 is 15.4. The molecule has 102 valence electrons. The number of aldehydes is 1. The molecule has 0 radical (unpaired) electrons. The molecule has 0 aliphatic carbocycles. The Morgan fingerprint density at radius 1 is 1.43 bits per heavy atom. The smallest absolute Gasteiger partial charge is 0.170 e. The average molecular weight is 280 g/mol. The van der Waals surface area contributed by atoms with Gasteiger partial charge < -0.3 is 0 Å². The second-order valence-electron chi connectivity index (χ2n) is 4.52. The minimum Gasteiger partial charge on any atom is -0.296 e. The summed E-state index contributed by atoms with van der Waals surface area (Å²) in [5.41, 5.74) is 2.22. The van der Waals surface area contributed by atoms with Crippen LogP contribution < -0.4 is 0 Å². The maximum absolute atomic E-state index is 13.9. The monoisotopic (exact) mass is 280 g/mol. The molecule has 3 aromatic rings. The summed E-state index contributed by atoms with van der Waals surface area (Å²) in [7, 11) is 0. The summed E-state index contributed by atoms with van der Waals surface area (Å²) >= 11 is 0. The molecule has 0 amide bonds. The van der Waals surface area contributed by atoms with Crippen LogP contribution in [0.2, 0.25) is 0 Å². The maximum atomic E-state index is 13.9. The second-order valence-corrected chi connectivity index (χ2v) is 4.52. The van der Waals surface area contributed by atoms with E-state index in [0.717, 1.165) is 0 Å². The number of fused-ring (bicyclic) bond motifs is 1. The Morgan fingerprint density at radius 3 is 2.95 bits per heavy atom. The van der Waals surface area contributed by atoms with E-state index < -0.39 is 5.82 Å². The second kappa shape index (κ2) is 4.80. The van der Waals surface area contributed by atoms with Gasteiger partial charge in [-0.25, -0.2) is 13.9 Å². The summed E-state index contributed by atoms with van der Waals surface area (Å²) in [6.07, 6.45) is 2.17. The van der Waals surface area contributed by atoms with Gasteiger partial charge in [0, 0.05) is 11.8 Å². The van der Waals surface area contributed by atoms with Crippen molar-refractivity contribution in [3.63, 3.8) is 0 Å². The molecule has 0 spiro atoms. The van der Waals surface area contributed by atoms with Gasteiger partial charge in [0.15, 0.2) is 11.9 Å². The van der Waals surface area contributed by atoms with Gasteiger partial charge in [-0.1, -0.05) is 0 Å². The summed E-state index contributed by atoms with van der Waals surface area (Å²) in [6, 6.07) is 7.88. The standard InChI is InChI=1S/C15H9FN4O/c1-9-5-10(7-17)12(16)6-11(9)15-13(8-21)19-14-3-2-4-18-20(14)15/h2-6,8H,1H3. The molecule has 1 aromatic carbocycles. The predicted molar refractivity (Wildman–Crippen MR) is 73.2 cm³/mol. The Morgan fingerprint density at radius 2 is 2.24 bits per heavy atom. The number of imidazole rings is 1. The highest BCUT2D eigenvalue weighted by Crippen LogP contribution is 2.28.